The molecule has 0 aromatic carbocycles. The molecule has 6 heteroatoms. The summed E-state index contributed by atoms with van der Waals surface area (Å²) in [5, 5.41) is 18.0. The number of rotatable bonds is 1. The standard InChI is InChI=1S/C6H10N2O4/c7-5(11)8-3-1-2-6(8,12)4(9)10/h12H,1-3H2,(H2,7,11)(H,9,10)/t6-/m1/s1. The van der Waals surface area contributed by atoms with E-state index in [9.17, 15) is 14.7 Å². The van der Waals surface area contributed by atoms with Crippen LogP contribution in [0.15, 0.2) is 0 Å². The lowest BCUT2D eigenvalue weighted by Crippen LogP contribution is -2.54. The van der Waals surface area contributed by atoms with Crippen molar-refractivity contribution in [2.45, 2.75) is 18.6 Å². The molecule has 0 aromatic heterocycles. The Morgan fingerprint density at radius 3 is 2.42 bits per heavy atom. The SMILES string of the molecule is NC(=O)N1CCC[C@@]1(O)C(=O)O. The molecule has 0 aromatic rings. The van der Waals surface area contributed by atoms with Crippen molar-refractivity contribution in [3.8, 4) is 0 Å². The van der Waals surface area contributed by atoms with Crippen molar-refractivity contribution >= 4 is 12.0 Å². The van der Waals surface area contributed by atoms with E-state index in [1.807, 2.05) is 0 Å². The fourth-order valence-electron chi connectivity index (χ4n) is 1.32. The van der Waals surface area contributed by atoms with Gasteiger partial charge in [-0.25, -0.2) is 9.59 Å². The van der Waals surface area contributed by atoms with E-state index in [0.717, 1.165) is 4.90 Å². The summed E-state index contributed by atoms with van der Waals surface area (Å²) in [4.78, 5) is 21.9. The maximum atomic E-state index is 10.6. The van der Waals surface area contributed by atoms with Crippen molar-refractivity contribution in [3.05, 3.63) is 0 Å². The molecule has 0 radical (unpaired) electrons. The number of carbonyl (C=O) groups is 2. The van der Waals surface area contributed by atoms with Gasteiger partial charge in [0.1, 0.15) is 0 Å². The van der Waals surface area contributed by atoms with Crippen molar-refractivity contribution in [1.29, 1.82) is 0 Å². The van der Waals surface area contributed by atoms with Gasteiger partial charge in [-0.05, 0) is 6.42 Å². The van der Waals surface area contributed by atoms with Gasteiger partial charge in [-0.1, -0.05) is 0 Å². The van der Waals surface area contributed by atoms with Gasteiger partial charge < -0.3 is 15.9 Å². The zero-order chi connectivity index (χ0) is 9.35. The molecule has 0 saturated carbocycles. The van der Waals surface area contributed by atoms with Crippen LogP contribution in [0.5, 0.6) is 0 Å². The number of aliphatic hydroxyl groups is 1. The fourth-order valence-corrected chi connectivity index (χ4v) is 1.32. The number of aliphatic carboxylic acids is 1. The van der Waals surface area contributed by atoms with E-state index in [1.165, 1.54) is 0 Å². The van der Waals surface area contributed by atoms with Crippen LogP contribution < -0.4 is 5.73 Å². The average Bonchev–Trinajstić information content (AvgIpc) is 2.32. The minimum absolute atomic E-state index is 0.0330. The third-order valence-corrected chi connectivity index (χ3v) is 1.96. The molecule has 1 heterocycles. The molecule has 1 saturated heterocycles. The van der Waals surface area contributed by atoms with Crippen molar-refractivity contribution in [3.63, 3.8) is 0 Å². The highest BCUT2D eigenvalue weighted by Crippen LogP contribution is 2.26. The second kappa shape index (κ2) is 2.63. The molecule has 0 unspecified atom stereocenters. The highest BCUT2D eigenvalue weighted by atomic mass is 16.4. The first kappa shape index (κ1) is 8.79. The van der Waals surface area contributed by atoms with Crippen LogP contribution >= 0.6 is 0 Å². The second-order valence-corrected chi connectivity index (χ2v) is 2.72. The van der Waals surface area contributed by atoms with Crippen LogP contribution in [0.2, 0.25) is 0 Å². The molecule has 1 aliphatic heterocycles. The number of likely N-dealkylation sites (tertiary alicyclic amines) is 1. The zero-order valence-electron chi connectivity index (χ0n) is 6.36. The van der Waals surface area contributed by atoms with Gasteiger partial charge in [0.05, 0.1) is 0 Å². The highest BCUT2D eigenvalue weighted by Gasteiger charge is 2.48. The van der Waals surface area contributed by atoms with Gasteiger partial charge >= 0.3 is 12.0 Å². The first-order valence-corrected chi connectivity index (χ1v) is 3.51. The number of amides is 2. The van der Waals surface area contributed by atoms with E-state index in [-0.39, 0.29) is 13.0 Å². The van der Waals surface area contributed by atoms with Gasteiger partial charge in [0.2, 0.25) is 5.72 Å². The summed E-state index contributed by atoms with van der Waals surface area (Å²) < 4.78 is 0. The van der Waals surface area contributed by atoms with Gasteiger partial charge in [0.15, 0.2) is 0 Å². The highest BCUT2D eigenvalue weighted by molar-refractivity contribution is 5.84. The van der Waals surface area contributed by atoms with Crippen LogP contribution in [0.25, 0.3) is 0 Å². The van der Waals surface area contributed by atoms with Crippen LogP contribution in [-0.2, 0) is 4.79 Å². The van der Waals surface area contributed by atoms with Crippen molar-refractivity contribution in [2.24, 2.45) is 5.73 Å². The summed E-state index contributed by atoms with van der Waals surface area (Å²) in [5.41, 5.74) is 2.78. The molecule has 4 N–H and O–H groups in total. The topological polar surface area (TPSA) is 104 Å². The summed E-state index contributed by atoms with van der Waals surface area (Å²) in [5.74, 6) is -1.43. The number of nitrogens with zero attached hydrogens (tertiary/aromatic N) is 1. The summed E-state index contributed by atoms with van der Waals surface area (Å²) in [6, 6.07) is -0.905. The number of nitrogens with two attached hydrogens (primary N) is 1. The van der Waals surface area contributed by atoms with Crippen molar-refractivity contribution < 1.29 is 19.8 Å². The summed E-state index contributed by atoms with van der Waals surface area (Å²) in [6.45, 7) is 0.193. The van der Waals surface area contributed by atoms with Gasteiger partial charge in [0.25, 0.3) is 0 Å². The minimum Gasteiger partial charge on any atom is -0.478 e. The van der Waals surface area contributed by atoms with Crippen LogP contribution in [0, 0.1) is 0 Å². The Morgan fingerprint density at radius 1 is 1.50 bits per heavy atom. The molecular formula is C6H10N2O4. The zero-order valence-corrected chi connectivity index (χ0v) is 6.36. The molecule has 1 fully saturated rings. The van der Waals surface area contributed by atoms with Crippen LogP contribution in [0.3, 0.4) is 0 Å². The lowest BCUT2D eigenvalue weighted by atomic mass is 10.1. The maximum absolute atomic E-state index is 10.6. The van der Waals surface area contributed by atoms with Crippen LogP contribution in [0.4, 0.5) is 4.79 Å². The molecular weight excluding hydrogens is 164 g/mol. The van der Waals surface area contributed by atoms with E-state index >= 15 is 0 Å². The van der Waals surface area contributed by atoms with E-state index < -0.39 is 17.7 Å². The quantitative estimate of drug-likeness (QED) is 0.471. The number of carboxylic acid groups (broad SMARTS) is 1. The predicted molar refractivity (Wildman–Crippen MR) is 38.1 cm³/mol. The minimum atomic E-state index is -2.09. The molecule has 0 spiro atoms. The molecule has 0 aliphatic carbocycles. The lowest BCUT2D eigenvalue weighted by molar-refractivity contribution is -0.171. The number of carbonyl (C=O) groups excluding carboxylic acids is 1. The summed E-state index contributed by atoms with van der Waals surface area (Å²) in [6.07, 6.45) is 0.483. The van der Waals surface area contributed by atoms with Crippen LogP contribution in [-0.4, -0.2) is 39.4 Å². The molecule has 1 rings (SSSR count). The number of primary amides is 1. The first-order chi connectivity index (χ1) is 5.48. The third kappa shape index (κ3) is 1.10. The Kier molecular flexibility index (Phi) is 1.93. The summed E-state index contributed by atoms with van der Waals surface area (Å²) >= 11 is 0. The molecule has 1 atom stereocenters. The number of hydrogen-bond acceptors (Lipinski definition) is 3. The second-order valence-electron chi connectivity index (χ2n) is 2.72. The Bertz CT molecular complexity index is 230. The van der Waals surface area contributed by atoms with Gasteiger partial charge in [-0.2, -0.15) is 0 Å². The Hall–Kier alpha value is -1.30. The molecule has 12 heavy (non-hydrogen) atoms. The maximum Gasteiger partial charge on any atom is 0.357 e. The number of urea groups is 1. The van der Waals surface area contributed by atoms with E-state index in [2.05, 4.69) is 0 Å². The largest absolute Gasteiger partial charge is 0.478 e. The summed E-state index contributed by atoms with van der Waals surface area (Å²) in [7, 11) is 0. The van der Waals surface area contributed by atoms with Gasteiger partial charge in [-0.15, -0.1) is 0 Å². The monoisotopic (exact) mass is 174 g/mol. The number of carboxylic acids is 1. The third-order valence-electron chi connectivity index (χ3n) is 1.96. The first-order valence-electron chi connectivity index (χ1n) is 3.51. The van der Waals surface area contributed by atoms with Gasteiger partial charge in [0, 0.05) is 13.0 Å². The molecule has 68 valence electrons. The van der Waals surface area contributed by atoms with Crippen LogP contribution in [0.1, 0.15) is 12.8 Å². The van der Waals surface area contributed by atoms with E-state index in [1.54, 1.807) is 0 Å². The van der Waals surface area contributed by atoms with Crippen molar-refractivity contribution in [1.82, 2.24) is 4.90 Å². The van der Waals surface area contributed by atoms with Gasteiger partial charge in [-0.3, -0.25) is 4.90 Å². The van der Waals surface area contributed by atoms with E-state index in [0.29, 0.717) is 6.42 Å². The molecule has 1 aliphatic rings. The Labute approximate surface area is 68.6 Å². The average molecular weight is 174 g/mol. The Morgan fingerprint density at radius 2 is 2.08 bits per heavy atom. The van der Waals surface area contributed by atoms with Crippen molar-refractivity contribution in [2.75, 3.05) is 6.54 Å². The Balaban J connectivity index is 2.89. The lowest BCUT2D eigenvalue weighted by Gasteiger charge is -2.27. The number of hydrogen-bond donors (Lipinski definition) is 3. The molecule has 0 bridgehead atoms. The smallest absolute Gasteiger partial charge is 0.357 e. The fraction of sp³-hybridized carbons (Fsp3) is 0.667. The molecule has 6 nitrogen and oxygen atoms in total. The molecule has 2 amide bonds. The van der Waals surface area contributed by atoms with E-state index in [4.69, 9.17) is 10.8 Å². The predicted octanol–water partition coefficient (Wildman–Crippen LogP) is -1.07. The normalized spacial score (nSPS) is 28.9.